The predicted octanol–water partition coefficient (Wildman–Crippen LogP) is 3.09. The van der Waals surface area contributed by atoms with Crippen LogP contribution in [0.3, 0.4) is 0 Å². The van der Waals surface area contributed by atoms with Crippen molar-refractivity contribution in [2.45, 2.75) is 27.2 Å². The molecular formula is C15H23NO3. The lowest BCUT2D eigenvalue weighted by Gasteiger charge is -2.22. The third-order valence-corrected chi connectivity index (χ3v) is 2.80. The largest absolute Gasteiger partial charge is 0.494 e. The summed E-state index contributed by atoms with van der Waals surface area (Å²) < 4.78 is 10.3. The second-order valence-corrected chi connectivity index (χ2v) is 5.10. The van der Waals surface area contributed by atoms with Crippen molar-refractivity contribution in [3.05, 3.63) is 24.3 Å². The Labute approximate surface area is 115 Å². The van der Waals surface area contributed by atoms with Gasteiger partial charge in [0.2, 0.25) is 0 Å². The van der Waals surface area contributed by atoms with Crippen LogP contribution in [0, 0.1) is 5.41 Å². The molecule has 0 aliphatic carbocycles. The zero-order valence-corrected chi connectivity index (χ0v) is 12.2. The molecule has 0 atom stereocenters. The molecule has 4 heteroatoms. The highest BCUT2D eigenvalue weighted by molar-refractivity contribution is 5.76. The molecule has 0 radical (unpaired) electrons. The van der Waals surface area contributed by atoms with Crippen LogP contribution < -0.4 is 10.1 Å². The Morgan fingerprint density at radius 3 is 2.42 bits per heavy atom. The molecule has 1 N–H and O–H groups in total. The van der Waals surface area contributed by atoms with E-state index in [1.807, 2.05) is 38.1 Å². The first-order valence-electron chi connectivity index (χ1n) is 6.54. The molecular weight excluding hydrogens is 242 g/mol. The summed E-state index contributed by atoms with van der Waals surface area (Å²) >= 11 is 0. The van der Waals surface area contributed by atoms with Gasteiger partial charge in [0.1, 0.15) is 5.75 Å². The fraction of sp³-hybridized carbons (Fsp3) is 0.533. The topological polar surface area (TPSA) is 47.6 Å². The molecule has 0 bridgehead atoms. The minimum atomic E-state index is -0.549. The monoisotopic (exact) mass is 265 g/mol. The van der Waals surface area contributed by atoms with E-state index in [0.717, 1.165) is 24.5 Å². The van der Waals surface area contributed by atoms with Crippen molar-refractivity contribution in [2.24, 2.45) is 5.41 Å². The second kappa shape index (κ2) is 7.02. The lowest BCUT2D eigenvalue weighted by atomic mass is 9.93. The van der Waals surface area contributed by atoms with Crippen LogP contribution in [0.15, 0.2) is 24.3 Å². The normalized spacial score (nSPS) is 10.9. The van der Waals surface area contributed by atoms with Crippen molar-refractivity contribution in [1.29, 1.82) is 0 Å². The number of hydrogen-bond acceptors (Lipinski definition) is 4. The third kappa shape index (κ3) is 4.81. The summed E-state index contributed by atoms with van der Waals surface area (Å²) in [6.07, 6.45) is 0.993. The zero-order valence-electron chi connectivity index (χ0n) is 12.2. The minimum absolute atomic E-state index is 0.220. The number of methoxy groups -OCH3 is 1. The van der Waals surface area contributed by atoms with Crippen molar-refractivity contribution >= 4 is 11.7 Å². The van der Waals surface area contributed by atoms with Crippen LogP contribution in [0.2, 0.25) is 0 Å². The third-order valence-electron chi connectivity index (χ3n) is 2.80. The van der Waals surface area contributed by atoms with E-state index in [9.17, 15) is 4.79 Å². The van der Waals surface area contributed by atoms with Gasteiger partial charge in [-0.05, 0) is 44.5 Å². The van der Waals surface area contributed by atoms with E-state index in [2.05, 4.69) is 12.2 Å². The summed E-state index contributed by atoms with van der Waals surface area (Å²) in [4.78, 5) is 11.5. The molecule has 0 heterocycles. The van der Waals surface area contributed by atoms with E-state index < -0.39 is 5.41 Å². The van der Waals surface area contributed by atoms with Gasteiger partial charge in [0, 0.05) is 12.2 Å². The first-order chi connectivity index (χ1) is 8.99. The fourth-order valence-electron chi connectivity index (χ4n) is 1.56. The molecule has 4 nitrogen and oxygen atoms in total. The van der Waals surface area contributed by atoms with Gasteiger partial charge < -0.3 is 14.8 Å². The molecule has 1 rings (SSSR count). The highest BCUT2D eigenvalue weighted by Crippen LogP contribution is 2.20. The summed E-state index contributed by atoms with van der Waals surface area (Å²) in [5.41, 5.74) is 0.410. The van der Waals surface area contributed by atoms with Crippen molar-refractivity contribution in [3.63, 3.8) is 0 Å². The summed E-state index contributed by atoms with van der Waals surface area (Å²) in [5.74, 6) is 0.641. The van der Waals surface area contributed by atoms with Gasteiger partial charge >= 0.3 is 5.97 Å². The van der Waals surface area contributed by atoms with Gasteiger partial charge in [-0.1, -0.05) is 6.92 Å². The number of carbonyl (C=O) groups excluding carboxylic acids is 1. The average Bonchev–Trinajstić information content (AvgIpc) is 2.43. The van der Waals surface area contributed by atoms with E-state index in [-0.39, 0.29) is 5.97 Å². The Morgan fingerprint density at radius 2 is 1.89 bits per heavy atom. The van der Waals surface area contributed by atoms with Crippen LogP contribution in [0.4, 0.5) is 5.69 Å². The maximum Gasteiger partial charge on any atom is 0.313 e. The molecule has 1 aromatic carbocycles. The van der Waals surface area contributed by atoms with Crippen LogP contribution in [-0.4, -0.2) is 26.2 Å². The number of ether oxygens (including phenoxy) is 2. The molecule has 1 aromatic rings. The van der Waals surface area contributed by atoms with E-state index >= 15 is 0 Å². The van der Waals surface area contributed by atoms with E-state index in [1.165, 1.54) is 7.11 Å². The maximum atomic E-state index is 11.5. The van der Waals surface area contributed by atoms with Crippen LogP contribution in [-0.2, 0) is 9.53 Å². The Hall–Kier alpha value is -1.71. The number of anilines is 1. The summed E-state index contributed by atoms with van der Waals surface area (Å²) in [6, 6.07) is 7.73. The molecule has 0 saturated carbocycles. The Kier molecular flexibility index (Phi) is 5.67. The number of nitrogens with one attached hydrogen (secondary N) is 1. The van der Waals surface area contributed by atoms with Crippen molar-refractivity contribution in [2.75, 3.05) is 25.6 Å². The standard InChI is InChI=1S/C15H23NO3/c1-5-10-19-13-8-6-12(7-9-13)16-11-15(2,3)14(17)18-4/h6-9,16H,5,10-11H2,1-4H3. The molecule has 0 spiro atoms. The summed E-state index contributed by atoms with van der Waals surface area (Å²) in [7, 11) is 1.41. The molecule has 0 amide bonds. The Morgan fingerprint density at radius 1 is 1.26 bits per heavy atom. The Balaban J connectivity index is 2.52. The maximum absolute atomic E-state index is 11.5. The van der Waals surface area contributed by atoms with Gasteiger partial charge in [0.05, 0.1) is 19.1 Å². The highest BCUT2D eigenvalue weighted by atomic mass is 16.5. The Bertz CT molecular complexity index is 398. The van der Waals surface area contributed by atoms with Gasteiger partial charge in [-0.3, -0.25) is 4.79 Å². The molecule has 0 aliphatic rings. The first kappa shape index (κ1) is 15.3. The molecule has 0 aromatic heterocycles. The first-order valence-corrected chi connectivity index (χ1v) is 6.54. The highest BCUT2D eigenvalue weighted by Gasteiger charge is 2.28. The molecule has 0 aliphatic heterocycles. The fourth-order valence-corrected chi connectivity index (χ4v) is 1.56. The van der Waals surface area contributed by atoms with Gasteiger partial charge in [-0.25, -0.2) is 0 Å². The minimum Gasteiger partial charge on any atom is -0.494 e. The molecule has 0 unspecified atom stereocenters. The molecule has 106 valence electrons. The predicted molar refractivity (Wildman–Crippen MR) is 76.5 cm³/mol. The number of rotatable bonds is 7. The van der Waals surface area contributed by atoms with Crippen molar-refractivity contribution < 1.29 is 14.3 Å². The molecule has 19 heavy (non-hydrogen) atoms. The van der Waals surface area contributed by atoms with Gasteiger partial charge in [0.25, 0.3) is 0 Å². The number of hydrogen-bond donors (Lipinski definition) is 1. The van der Waals surface area contributed by atoms with Crippen molar-refractivity contribution in [1.82, 2.24) is 0 Å². The summed E-state index contributed by atoms with van der Waals surface area (Å²) in [6.45, 7) is 7.02. The second-order valence-electron chi connectivity index (χ2n) is 5.10. The molecule has 0 fully saturated rings. The van der Waals surface area contributed by atoms with Gasteiger partial charge in [-0.15, -0.1) is 0 Å². The number of carbonyl (C=O) groups is 1. The molecule has 0 saturated heterocycles. The van der Waals surface area contributed by atoms with Gasteiger partial charge in [-0.2, -0.15) is 0 Å². The van der Waals surface area contributed by atoms with E-state index in [0.29, 0.717) is 6.54 Å². The van der Waals surface area contributed by atoms with E-state index in [4.69, 9.17) is 9.47 Å². The van der Waals surface area contributed by atoms with Crippen LogP contribution >= 0.6 is 0 Å². The lowest BCUT2D eigenvalue weighted by molar-refractivity contribution is -0.149. The average molecular weight is 265 g/mol. The van der Waals surface area contributed by atoms with Crippen molar-refractivity contribution in [3.8, 4) is 5.75 Å². The SMILES string of the molecule is CCCOc1ccc(NCC(C)(C)C(=O)OC)cc1. The zero-order chi connectivity index (χ0) is 14.3. The summed E-state index contributed by atoms with van der Waals surface area (Å²) in [5, 5.41) is 3.23. The van der Waals surface area contributed by atoms with E-state index in [1.54, 1.807) is 0 Å². The van der Waals surface area contributed by atoms with Gasteiger partial charge in [0.15, 0.2) is 0 Å². The lowest BCUT2D eigenvalue weighted by Crippen LogP contribution is -2.33. The van der Waals surface area contributed by atoms with Crippen LogP contribution in [0.1, 0.15) is 27.2 Å². The number of benzene rings is 1. The number of esters is 1. The smallest absolute Gasteiger partial charge is 0.313 e. The van der Waals surface area contributed by atoms with Crippen LogP contribution in [0.5, 0.6) is 5.75 Å². The quantitative estimate of drug-likeness (QED) is 0.770. The van der Waals surface area contributed by atoms with Crippen LogP contribution in [0.25, 0.3) is 0 Å².